The summed E-state index contributed by atoms with van der Waals surface area (Å²) in [6, 6.07) is 0.717. The van der Waals surface area contributed by atoms with Crippen LogP contribution in [0.5, 0.6) is 0 Å². The monoisotopic (exact) mass is 240 g/mol. The first-order chi connectivity index (χ1) is 8.27. The Morgan fingerprint density at radius 1 is 1.18 bits per heavy atom. The highest BCUT2D eigenvalue weighted by Crippen LogP contribution is 2.22. The van der Waals surface area contributed by atoms with E-state index in [1.54, 1.807) is 0 Å². The van der Waals surface area contributed by atoms with Gasteiger partial charge in [-0.05, 0) is 51.7 Å². The van der Waals surface area contributed by atoms with Crippen LogP contribution < -0.4 is 5.32 Å². The fourth-order valence-corrected chi connectivity index (χ4v) is 2.83. The van der Waals surface area contributed by atoms with Crippen molar-refractivity contribution < 1.29 is 0 Å². The summed E-state index contributed by atoms with van der Waals surface area (Å²) < 4.78 is 0. The van der Waals surface area contributed by atoms with Gasteiger partial charge in [0, 0.05) is 12.6 Å². The minimum atomic E-state index is 0.717. The highest BCUT2D eigenvalue weighted by atomic mass is 15.2. The molecule has 0 aromatic heterocycles. The van der Waals surface area contributed by atoms with Crippen LogP contribution in [0.3, 0.4) is 0 Å². The molecule has 0 aliphatic carbocycles. The van der Waals surface area contributed by atoms with Crippen LogP contribution in [-0.4, -0.2) is 37.1 Å². The third-order valence-electron chi connectivity index (χ3n) is 4.12. The first kappa shape index (κ1) is 15.0. The molecule has 17 heavy (non-hydrogen) atoms. The molecular formula is C15H32N2. The molecule has 1 N–H and O–H groups in total. The first-order valence-electron chi connectivity index (χ1n) is 7.72. The number of piperidine rings is 1. The highest BCUT2D eigenvalue weighted by molar-refractivity contribution is 4.77. The van der Waals surface area contributed by atoms with Crippen LogP contribution in [-0.2, 0) is 0 Å². The molecule has 2 heteroatoms. The molecule has 1 saturated heterocycles. The largest absolute Gasteiger partial charge is 0.315 e. The second kappa shape index (κ2) is 8.93. The maximum Gasteiger partial charge on any atom is 0.0192 e. The molecule has 0 aromatic rings. The molecule has 0 radical (unpaired) electrons. The van der Waals surface area contributed by atoms with Gasteiger partial charge in [0.2, 0.25) is 0 Å². The van der Waals surface area contributed by atoms with Gasteiger partial charge in [-0.1, -0.05) is 33.1 Å². The van der Waals surface area contributed by atoms with Crippen molar-refractivity contribution in [1.82, 2.24) is 10.2 Å². The Balaban J connectivity index is 2.10. The SMILES string of the molecule is CCCCNCC(C)N1CCC(CCC)CC1. The third-order valence-corrected chi connectivity index (χ3v) is 4.12. The maximum atomic E-state index is 3.58. The summed E-state index contributed by atoms with van der Waals surface area (Å²) in [4.78, 5) is 2.67. The van der Waals surface area contributed by atoms with Crippen LogP contribution in [0.15, 0.2) is 0 Å². The maximum absolute atomic E-state index is 3.58. The molecule has 0 aromatic carbocycles. The van der Waals surface area contributed by atoms with Crippen LogP contribution in [0.4, 0.5) is 0 Å². The van der Waals surface area contributed by atoms with Gasteiger partial charge < -0.3 is 5.32 Å². The molecule has 2 nitrogen and oxygen atoms in total. The lowest BCUT2D eigenvalue weighted by Crippen LogP contribution is -2.44. The van der Waals surface area contributed by atoms with Crippen LogP contribution in [0.2, 0.25) is 0 Å². The van der Waals surface area contributed by atoms with Crippen molar-refractivity contribution in [2.75, 3.05) is 26.2 Å². The molecule has 1 atom stereocenters. The summed E-state index contributed by atoms with van der Waals surface area (Å²) >= 11 is 0. The summed E-state index contributed by atoms with van der Waals surface area (Å²) in [5.74, 6) is 1.01. The average molecular weight is 240 g/mol. The Bertz CT molecular complexity index is 174. The van der Waals surface area contributed by atoms with Gasteiger partial charge in [0.05, 0.1) is 0 Å². The standard InChI is InChI=1S/C15H32N2/c1-4-6-10-16-13-14(3)17-11-8-15(7-5-2)9-12-17/h14-16H,4-13H2,1-3H3. The number of hydrogen-bond donors (Lipinski definition) is 1. The lowest BCUT2D eigenvalue weighted by Gasteiger charge is -2.36. The van der Waals surface area contributed by atoms with Crippen molar-refractivity contribution in [1.29, 1.82) is 0 Å². The van der Waals surface area contributed by atoms with Crippen LogP contribution in [0.25, 0.3) is 0 Å². The second-order valence-electron chi connectivity index (χ2n) is 5.67. The van der Waals surface area contributed by atoms with E-state index in [1.807, 2.05) is 0 Å². The number of nitrogens with zero attached hydrogens (tertiary/aromatic N) is 1. The fourth-order valence-electron chi connectivity index (χ4n) is 2.83. The molecule has 1 aliphatic rings. The Labute approximate surface area is 108 Å². The van der Waals surface area contributed by atoms with E-state index >= 15 is 0 Å². The van der Waals surface area contributed by atoms with E-state index in [1.165, 1.54) is 64.7 Å². The Hall–Kier alpha value is -0.0800. The van der Waals surface area contributed by atoms with Crippen LogP contribution in [0.1, 0.15) is 59.3 Å². The van der Waals surface area contributed by atoms with E-state index in [0.29, 0.717) is 0 Å². The minimum absolute atomic E-state index is 0.717. The number of rotatable bonds is 8. The average Bonchev–Trinajstić information content (AvgIpc) is 2.36. The molecule has 0 bridgehead atoms. The normalized spacial score (nSPS) is 20.6. The zero-order valence-corrected chi connectivity index (χ0v) is 12.2. The fraction of sp³-hybridized carbons (Fsp3) is 1.00. The van der Waals surface area contributed by atoms with Gasteiger partial charge in [-0.2, -0.15) is 0 Å². The predicted molar refractivity (Wildman–Crippen MR) is 76.4 cm³/mol. The highest BCUT2D eigenvalue weighted by Gasteiger charge is 2.21. The molecule has 1 aliphatic heterocycles. The van der Waals surface area contributed by atoms with Gasteiger partial charge in [0.25, 0.3) is 0 Å². The molecule has 0 saturated carbocycles. The van der Waals surface area contributed by atoms with Crippen molar-refractivity contribution in [2.24, 2.45) is 5.92 Å². The van der Waals surface area contributed by atoms with Gasteiger partial charge in [-0.3, -0.25) is 4.90 Å². The van der Waals surface area contributed by atoms with Crippen molar-refractivity contribution in [3.63, 3.8) is 0 Å². The molecule has 0 spiro atoms. The van der Waals surface area contributed by atoms with E-state index in [4.69, 9.17) is 0 Å². The van der Waals surface area contributed by atoms with E-state index in [9.17, 15) is 0 Å². The summed E-state index contributed by atoms with van der Waals surface area (Å²) in [5.41, 5.74) is 0. The van der Waals surface area contributed by atoms with E-state index < -0.39 is 0 Å². The number of unbranched alkanes of at least 4 members (excludes halogenated alkanes) is 1. The smallest absolute Gasteiger partial charge is 0.0192 e. The van der Waals surface area contributed by atoms with Crippen LogP contribution in [0, 0.1) is 5.92 Å². The quantitative estimate of drug-likeness (QED) is 0.655. The zero-order valence-electron chi connectivity index (χ0n) is 12.2. The molecule has 1 unspecified atom stereocenters. The van der Waals surface area contributed by atoms with Gasteiger partial charge in [-0.15, -0.1) is 0 Å². The molecule has 1 heterocycles. The van der Waals surface area contributed by atoms with Crippen molar-refractivity contribution in [3.8, 4) is 0 Å². The number of nitrogens with one attached hydrogen (secondary N) is 1. The van der Waals surface area contributed by atoms with E-state index in [0.717, 1.165) is 12.0 Å². The van der Waals surface area contributed by atoms with Gasteiger partial charge in [-0.25, -0.2) is 0 Å². The first-order valence-corrected chi connectivity index (χ1v) is 7.72. The van der Waals surface area contributed by atoms with Gasteiger partial charge in [0.1, 0.15) is 0 Å². The molecular weight excluding hydrogens is 208 g/mol. The van der Waals surface area contributed by atoms with Gasteiger partial charge in [0.15, 0.2) is 0 Å². The Kier molecular flexibility index (Phi) is 7.87. The molecule has 1 rings (SSSR count). The lowest BCUT2D eigenvalue weighted by molar-refractivity contribution is 0.135. The molecule has 1 fully saturated rings. The van der Waals surface area contributed by atoms with Crippen molar-refractivity contribution >= 4 is 0 Å². The summed E-state index contributed by atoms with van der Waals surface area (Å²) in [5, 5.41) is 3.58. The second-order valence-corrected chi connectivity index (χ2v) is 5.67. The summed E-state index contributed by atoms with van der Waals surface area (Å²) in [6.45, 7) is 11.9. The summed E-state index contributed by atoms with van der Waals surface area (Å²) in [7, 11) is 0. The Morgan fingerprint density at radius 2 is 1.88 bits per heavy atom. The topological polar surface area (TPSA) is 15.3 Å². The third kappa shape index (κ3) is 5.87. The number of hydrogen-bond acceptors (Lipinski definition) is 2. The zero-order chi connectivity index (χ0) is 12.5. The van der Waals surface area contributed by atoms with E-state index in [-0.39, 0.29) is 0 Å². The van der Waals surface area contributed by atoms with Crippen molar-refractivity contribution in [3.05, 3.63) is 0 Å². The van der Waals surface area contributed by atoms with Crippen molar-refractivity contribution in [2.45, 2.75) is 65.3 Å². The Morgan fingerprint density at radius 3 is 2.47 bits per heavy atom. The van der Waals surface area contributed by atoms with Gasteiger partial charge >= 0.3 is 0 Å². The number of likely N-dealkylation sites (tertiary alicyclic amines) is 1. The molecule has 0 amide bonds. The van der Waals surface area contributed by atoms with E-state index in [2.05, 4.69) is 31.0 Å². The minimum Gasteiger partial charge on any atom is -0.315 e. The summed E-state index contributed by atoms with van der Waals surface area (Å²) in [6.07, 6.45) is 8.26. The van der Waals surface area contributed by atoms with Crippen LogP contribution >= 0.6 is 0 Å². The predicted octanol–water partition coefficient (Wildman–Crippen LogP) is 3.28. The molecule has 102 valence electrons. The lowest BCUT2D eigenvalue weighted by atomic mass is 9.92.